The summed E-state index contributed by atoms with van der Waals surface area (Å²) in [4.78, 5) is 16.9. The Hall–Kier alpha value is -3.69. The number of rotatable bonds is 6. The minimum atomic E-state index is -4.68. The second-order valence-corrected chi connectivity index (χ2v) is 7.95. The first-order valence-corrected chi connectivity index (χ1v) is 10.5. The average Bonchev–Trinajstić information content (AvgIpc) is 3.42. The van der Waals surface area contributed by atoms with Crippen molar-refractivity contribution in [2.24, 2.45) is 0 Å². The van der Waals surface area contributed by atoms with Crippen LogP contribution in [-0.2, 0) is 19.3 Å². The van der Waals surface area contributed by atoms with Crippen molar-refractivity contribution in [2.45, 2.75) is 46.0 Å². The first kappa shape index (κ1) is 22.5. The van der Waals surface area contributed by atoms with Gasteiger partial charge in [0.2, 0.25) is 0 Å². The molecule has 1 aromatic carbocycles. The van der Waals surface area contributed by atoms with E-state index in [1.807, 2.05) is 32.9 Å². The van der Waals surface area contributed by atoms with Gasteiger partial charge in [-0.15, -0.1) is 0 Å². The highest BCUT2D eigenvalue weighted by molar-refractivity contribution is 5.93. The van der Waals surface area contributed by atoms with Gasteiger partial charge in [0.25, 0.3) is 5.91 Å². The minimum absolute atomic E-state index is 0.0619. The van der Waals surface area contributed by atoms with Crippen LogP contribution in [0.25, 0.3) is 16.9 Å². The number of amides is 1. The zero-order valence-electron chi connectivity index (χ0n) is 18.4. The van der Waals surface area contributed by atoms with Gasteiger partial charge >= 0.3 is 6.18 Å². The van der Waals surface area contributed by atoms with Gasteiger partial charge in [-0.2, -0.15) is 23.4 Å². The predicted molar refractivity (Wildman–Crippen MR) is 117 cm³/mol. The van der Waals surface area contributed by atoms with Crippen molar-refractivity contribution in [3.05, 3.63) is 71.3 Å². The third kappa shape index (κ3) is 4.74. The molecular weight excluding hydrogens is 433 g/mol. The SMILES string of the molecule is CCn1ccc(CNC(=O)c2cc3nc(-c4ccc(C(C)C)cc4)cc(C(F)(F)F)n3n2)n1. The van der Waals surface area contributed by atoms with E-state index in [-0.39, 0.29) is 23.6 Å². The van der Waals surface area contributed by atoms with Crippen LogP contribution in [0.5, 0.6) is 0 Å². The highest BCUT2D eigenvalue weighted by Crippen LogP contribution is 2.32. The van der Waals surface area contributed by atoms with Crippen molar-refractivity contribution in [3.8, 4) is 11.3 Å². The largest absolute Gasteiger partial charge is 0.433 e. The molecule has 33 heavy (non-hydrogen) atoms. The second kappa shape index (κ2) is 8.68. The van der Waals surface area contributed by atoms with Gasteiger partial charge in [0.05, 0.1) is 17.9 Å². The van der Waals surface area contributed by atoms with Gasteiger partial charge < -0.3 is 5.32 Å². The number of alkyl halides is 3. The van der Waals surface area contributed by atoms with Gasteiger partial charge in [-0.05, 0) is 30.5 Å². The highest BCUT2D eigenvalue weighted by atomic mass is 19.4. The molecule has 0 unspecified atom stereocenters. The number of carbonyl (C=O) groups is 1. The molecule has 0 aliphatic rings. The smallest absolute Gasteiger partial charge is 0.345 e. The average molecular weight is 456 g/mol. The van der Waals surface area contributed by atoms with E-state index in [4.69, 9.17) is 0 Å². The van der Waals surface area contributed by atoms with E-state index in [0.29, 0.717) is 28.2 Å². The fourth-order valence-corrected chi connectivity index (χ4v) is 3.41. The van der Waals surface area contributed by atoms with Gasteiger partial charge in [-0.3, -0.25) is 9.48 Å². The number of hydrogen-bond acceptors (Lipinski definition) is 4. The molecule has 0 spiro atoms. The summed E-state index contributed by atoms with van der Waals surface area (Å²) in [6.45, 7) is 6.83. The lowest BCUT2D eigenvalue weighted by Crippen LogP contribution is -2.24. The Morgan fingerprint density at radius 1 is 1.09 bits per heavy atom. The van der Waals surface area contributed by atoms with Crippen LogP contribution in [0, 0.1) is 0 Å². The van der Waals surface area contributed by atoms with E-state index < -0.39 is 17.8 Å². The summed E-state index contributed by atoms with van der Waals surface area (Å²) in [5.41, 5.74) is 1.19. The first-order chi connectivity index (χ1) is 15.7. The van der Waals surface area contributed by atoms with Gasteiger partial charge in [-0.25, -0.2) is 9.50 Å². The van der Waals surface area contributed by atoms with E-state index in [1.165, 1.54) is 6.07 Å². The third-order valence-electron chi connectivity index (χ3n) is 5.27. The zero-order chi connectivity index (χ0) is 23.8. The molecule has 1 N–H and O–H groups in total. The number of aromatic nitrogens is 5. The summed E-state index contributed by atoms with van der Waals surface area (Å²) in [6, 6.07) is 11.2. The molecule has 0 saturated carbocycles. The predicted octanol–water partition coefficient (Wildman–Crippen LogP) is 4.68. The highest BCUT2D eigenvalue weighted by Gasteiger charge is 2.35. The molecule has 0 bridgehead atoms. The molecule has 0 radical (unpaired) electrons. The third-order valence-corrected chi connectivity index (χ3v) is 5.27. The second-order valence-electron chi connectivity index (χ2n) is 7.95. The Labute approximate surface area is 188 Å². The van der Waals surface area contributed by atoms with Crippen molar-refractivity contribution in [1.29, 1.82) is 0 Å². The number of aryl methyl sites for hydroxylation is 1. The summed E-state index contributed by atoms with van der Waals surface area (Å²) in [5, 5.41) is 10.8. The van der Waals surface area contributed by atoms with Crippen LogP contribution in [0.2, 0.25) is 0 Å². The number of halogens is 3. The monoisotopic (exact) mass is 456 g/mol. The lowest BCUT2D eigenvalue weighted by atomic mass is 10.0. The molecule has 0 atom stereocenters. The summed E-state index contributed by atoms with van der Waals surface area (Å²) in [5.74, 6) is -0.311. The Morgan fingerprint density at radius 2 is 1.82 bits per heavy atom. The Morgan fingerprint density at radius 3 is 2.42 bits per heavy atom. The van der Waals surface area contributed by atoms with Gasteiger partial charge in [-0.1, -0.05) is 38.1 Å². The normalized spacial score (nSPS) is 12.0. The molecule has 0 aliphatic heterocycles. The van der Waals surface area contributed by atoms with Crippen LogP contribution in [0.1, 0.15) is 54.1 Å². The van der Waals surface area contributed by atoms with Crippen LogP contribution < -0.4 is 5.32 Å². The number of benzene rings is 1. The molecule has 4 aromatic rings. The lowest BCUT2D eigenvalue weighted by Gasteiger charge is -2.11. The van der Waals surface area contributed by atoms with Crippen molar-refractivity contribution < 1.29 is 18.0 Å². The van der Waals surface area contributed by atoms with E-state index in [2.05, 4.69) is 20.5 Å². The summed E-state index contributed by atoms with van der Waals surface area (Å²) >= 11 is 0. The lowest BCUT2D eigenvalue weighted by molar-refractivity contribution is -0.142. The zero-order valence-corrected chi connectivity index (χ0v) is 18.4. The van der Waals surface area contributed by atoms with E-state index in [0.717, 1.165) is 11.6 Å². The molecule has 10 heteroatoms. The standard InChI is InChI=1S/C23H23F3N6O/c1-4-31-10-9-17(29-31)13-27-22(33)19-12-21-28-18(11-20(23(24,25)26)32(21)30-19)16-7-5-15(6-8-16)14(2)3/h5-12,14H,4,13H2,1-3H3,(H,27,33). The number of nitrogens with zero attached hydrogens (tertiary/aromatic N) is 5. The Bertz CT molecular complexity index is 1290. The van der Waals surface area contributed by atoms with Crippen molar-refractivity contribution in [1.82, 2.24) is 29.7 Å². The molecule has 1 amide bonds. The molecular formula is C23H23F3N6O. The molecule has 4 rings (SSSR count). The minimum Gasteiger partial charge on any atom is -0.345 e. The maximum atomic E-state index is 13.8. The molecule has 3 heterocycles. The molecule has 0 aliphatic carbocycles. The molecule has 3 aromatic heterocycles. The molecule has 0 fully saturated rings. The topological polar surface area (TPSA) is 77.1 Å². The fourth-order valence-electron chi connectivity index (χ4n) is 3.41. The van der Waals surface area contributed by atoms with E-state index in [9.17, 15) is 18.0 Å². The van der Waals surface area contributed by atoms with Gasteiger partial charge in [0.15, 0.2) is 17.0 Å². The van der Waals surface area contributed by atoms with Gasteiger partial charge in [0, 0.05) is 24.4 Å². The van der Waals surface area contributed by atoms with E-state index >= 15 is 0 Å². The van der Waals surface area contributed by atoms with Crippen molar-refractivity contribution in [2.75, 3.05) is 0 Å². The molecule has 7 nitrogen and oxygen atoms in total. The van der Waals surface area contributed by atoms with Crippen LogP contribution in [0.4, 0.5) is 13.2 Å². The molecule has 0 saturated heterocycles. The van der Waals surface area contributed by atoms with Gasteiger partial charge in [0.1, 0.15) is 0 Å². The quantitative estimate of drug-likeness (QED) is 0.457. The van der Waals surface area contributed by atoms with Crippen LogP contribution in [-0.4, -0.2) is 30.3 Å². The summed E-state index contributed by atoms with van der Waals surface area (Å²) in [7, 11) is 0. The number of carbonyl (C=O) groups excluding carboxylic acids is 1. The van der Waals surface area contributed by atoms with Crippen LogP contribution >= 0.6 is 0 Å². The van der Waals surface area contributed by atoms with E-state index in [1.54, 1.807) is 29.1 Å². The molecule has 172 valence electrons. The van der Waals surface area contributed by atoms with Crippen LogP contribution in [0.15, 0.2) is 48.7 Å². The summed E-state index contributed by atoms with van der Waals surface area (Å²) in [6.07, 6.45) is -2.90. The first-order valence-electron chi connectivity index (χ1n) is 10.5. The fraction of sp³-hybridized carbons (Fsp3) is 0.304. The maximum absolute atomic E-state index is 13.8. The number of fused-ring (bicyclic) bond motifs is 1. The Balaban J connectivity index is 1.67. The number of hydrogen-bond donors (Lipinski definition) is 1. The summed E-state index contributed by atoms with van der Waals surface area (Å²) < 4.78 is 43.8. The van der Waals surface area contributed by atoms with Crippen molar-refractivity contribution in [3.63, 3.8) is 0 Å². The number of nitrogens with one attached hydrogen (secondary N) is 1. The Kier molecular flexibility index (Phi) is 5.92. The maximum Gasteiger partial charge on any atom is 0.433 e. The van der Waals surface area contributed by atoms with Crippen molar-refractivity contribution >= 4 is 11.6 Å². The van der Waals surface area contributed by atoms with Crippen LogP contribution in [0.3, 0.4) is 0 Å².